The second-order valence-corrected chi connectivity index (χ2v) is 6.83. The highest BCUT2D eigenvalue weighted by molar-refractivity contribution is 5.69. The van der Waals surface area contributed by atoms with E-state index in [2.05, 4.69) is 4.90 Å². The number of rotatable bonds is 4. The Balaban J connectivity index is 1.66. The van der Waals surface area contributed by atoms with Crippen molar-refractivity contribution in [2.75, 3.05) is 26.7 Å². The predicted molar refractivity (Wildman–Crippen MR) is 86.9 cm³/mol. The van der Waals surface area contributed by atoms with Crippen molar-refractivity contribution < 1.29 is 14.3 Å². The SMILES string of the molecule is CN(CC(=O)O)C1CCCN(C2CCc3ccc(F)cc32)CC1. The fraction of sp³-hybridized carbons (Fsp3) is 0.611. The molecule has 0 amide bonds. The normalized spacial score (nSPS) is 25.3. The van der Waals surface area contributed by atoms with Gasteiger partial charge in [0, 0.05) is 18.6 Å². The third-order valence-corrected chi connectivity index (χ3v) is 5.34. The molecule has 126 valence electrons. The molecular weight excluding hydrogens is 295 g/mol. The van der Waals surface area contributed by atoms with Crippen LogP contribution in [0.25, 0.3) is 0 Å². The Labute approximate surface area is 136 Å². The van der Waals surface area contributed by atoms with Crippen LogP contribution in [0.5, 0.6) is 0 Å². The van der Waals surface area contributed by atoms with Gasteiger partial charge in [-0.15, -0.1) is 0 Å². The van der Waals surface area contributed by atoms with Crippen molar-refractivity contribution in [1.82, 2.24) is 9.80 Å². The van der Waals surface area contributed by atoms with Crippen LogP contribution in [0.15, 0.2) is 18.2 Å². The number of fused-ring (bicyclic) bond motifs is 1. The van der Waals surface area contributed by atoms with Crippen molar-refractivity contribution in [3.05, 3.63) is 35.1 Å². The summed E-state index contributed by atoms with van der Waals surface area (Å²) in [5, 5.41) is 8.96. The van der Waals surface area contributed by atoms with E-state index in [1.807, 2.05) is 18.0 Å². The number of carboxylic acids is 1. The van der Waals surface area contributed by atoms with Crippen LogP contribution in [-0.4, -0.2) is 53.6 Å². The molecule has 0 saturated carbocycles. The van der Waals surface area contributed by atoms with E-state index in [1.165, 1.54) is 5.56 Å². The van der Waals surface area contributed by atoms with Gasteiger partial charge in [-0.2, -0.15) is 0 Å². The highest BCUT2D eigenvalue weighted by atomic mass is 19.1. The van der Waals surface area contributed by atoms with Crippen LogP contribution < -0.4 is 0 Å². The maximum atomic E-state index is 13.6. The van der Waals surface area contributed by atoms with Crippen LogP contribution in [0.4, 0.5) is 4.39 Å². The molecule has 1 aromatic rings. The zero-order valence-corrected chi connectivity index (χ0v) is 13.7. The molecule has 1 heterocycles. The van der Waals surface area contributed by atoms with E-state index in [1.54, 1.807) is 12.1 Å². The summed E-state index contributed by atoms with van der Waals surface area (Å²) < 4.78 is 13.6. The standard InChI is InChI=1S/C18H25FN2O2/c1-20(12-18(22)23)15-3-2-9-21(10-8-15)17-7-5-13-4-6-14(19)11-16(13)17/h4,6,11,15,17H,2-3,5,7-10,12H2,1H3,(H,22,23). The molecule has 2 aliphatic rings. The van der Waals surface area contributed by atoms with Crippen LogP contribution >= 0.6 is 0 Å². The Morgan fingerprint density at radius 2 is 2.17 bits per heavy atom. The van der Waals surface area contributed by atoms with Crippen LogP contribution in [0.1, 0.15) is 42.9 Å². The smallest absolute Gasteiger partial charge is 0.317 e. The number of hydrogen-bond acceptors (Lipinski definition) is 3. The average molecular weight is 320 g/mol. The van der Waals surface area contributed by atoms with Gasteiger partial charge in [0.25, 0.3) is 0 Å². The molecule has 4 nitrogen and oxygen atoms in total. The number of carbonyl (C=O) groups is 1. The fourth-order valence-corrected chi connectivity index (χ4v) is 4.13. The summed E-state index contributed by atoms with van der Waals surface area (Å²) in [6.45, 7) is 2.06. The molecule has 1 aromatic carbocycles. The first-order valence-electron chi connectivity index (χ1n) is 8.49. The molecule has 0 aromatic heterocycles. The number of halogens is 1. The number of nitrogens with zero attached hydrogens (tertiary/aromatic N) is 2. The molecule has 0 radical (unpaired) electrons. The van der Waals surface area contributed by atoms with Gasteiger partial charge in [-0.25, -0.2) is 4.39 Å². The van der Waals surface area contributed by atoms with Gasteiger partial charge in [0.05, 0.1) is 6.54 Å². The lowest BCUT2D eigenvalue weighted by atomic mass is 10.1. The van der Waals surface area contributed by atoms with E-state index in [0.29, 0.717) is 12.1 Å². The molecule has 0 spiro atoms. The summed E-state index contributed by atoms with van der Waals surface area (Å²) in [6.07, 6.45) is 5.16. The maximum Gasteiger partial charge on any atom is 0.317 e. The van der Waals surface area contributed by atoms with Gasteiger partial charge < -0.3 is 5.11 Å². The van der Waals surface area contributed by atoms with E-state index in [-0.39, 0.29) is 12.4 Å². The average Bonchev–Trinajstić information content (AvgIpc) is 2.75. The maximum absolute atomic E-state index is 13.6. The van der Waals surface area contributed by atoms with E-state index >= 15 is 0 Å². The summed E-state index contributed by atoms with van der Waals surface area (Å²) in [5.41, 5.74) is 2.43. The molecule has 5 heteroatoms. The van der Waals surface area contributed by atoms with Crippen LogP contribution in [0.3, 0.4) is 0 Å². The highest BCUT2D eigenvalue weighted by Crippen LogP contribution is 2.37. The summed E-state index contributed by atoms with van der Waals surface area (Å²) >= 11 is 0. The zero-order valence-electron chi connectivity index (χ0n) is 13.7. The Kier molecular flexibility index (Phi) is 4.97. The summed E-state index contributed by atoms with van der Waals surface area (Å²) in [4.78, 5) is 15.3. The Morgan fingerprint density at radius 1 is 1.35 bits per heavy atom. The molecular formula is C18H25FN2O2. The van der Waals surface area contributed by atoms with Gasteiger partial charge in [0.15, 0.2) is 0 Å². The molecule has 1 aliphatic carbocycles. The van der Waals surface area contributed by atoms with Gasteiger partial charge in [-0.05, 0) is 69.0 Å². The molecule has 1 aliphatic heterocycles. The molecule has 2 unspecified atom stereocenters. The highest BCUT2D eigenvalue weighted by Gasteiger charge is 2.30. The second-order valence-electron chi connectivity index (χ2n) is 6.83. The lowest BCUT2D eigenvalue weighted by Gasteiger charge is -2.29. The van der Waals surface area contributed by atoms with Gasteiger partial charge in [-0.1, -0.05) is 6.07 Å². The largest absolute Gasteiger partial charge is 0.480 e. The lowest BCUT2D eigenvalue weighted by Crippen LogP contribution is -2.37. The molecule has 2 atom stereocenters. The van der Waals surface area contributed by atoms with Gasteiger partial charge in [0.1, 0.15) is 5.82 Å². The van der Waals surface area contributed by atoms with Gasteiger partial charge >= 0.3 is 5.97 Å². The van der Waals surface area contributed by atoms with Crippen LogP contribution in [-0.2, 0) is 11.2 Å². The molecule has 1 N–H and O–H groups in total. The molecule has 1 saturated heterocycles. The predicted octanol–water partition coefficient (Wildman–Crippen LogP) is 2.68. The van der Waals surface area contributed by atoms with Crippen molar-refractivity contribution in [3.63, 3.8) is 0 Å². The number of hydrogen-bond donors (Lipinski definition) is 1. The molecule has 3 rings (SSSR count). The minimum absolute atomic E-state index is 0.0993. The third-order valence-electron chi connectivity index (χ3n) is 5.34. The van der Waals surface area contributed by atoms with E-state index < -0.39 is 5.97 Å². The third kappa shape index (κ3) is 3.72. The number of aliphatic carboxylic acids is 1. The summed E-state index contributed by atoms with van der Waals surface area (Å²) in [6, 6.07) is 5.83. The van der Waals surface area contributed by atoms with Crippen LogP contribution in [0, 0.1) is 5.82 Å². The Hall–Kier alpha value is -1.46. The van der Waals surface area contributed by atoms with E-state index in [4.69, 9.17) is 5.11 Å². The first kappa shape index (κ1) is 16.4. The fourth-order valence-electron chi connectivity index (χ4n) is 4.13. The first-order chi connectivity index (χ1) is 11.0. The Morgan fingerprint density at radius 3 is 2.96 bits per heavy atom. The quantitative estimate of drug-likeness (QED) is 0.926. The van der Waals surface area contributed by atoms with Crippen molar-refractivity contribution in [2.24, 2.45) is 0 Å². The van der Waals surface area contributed by atoms with Crippen molar-refractivity contribution in [2.45, 2.75) is 44.2 Å². The molecule has 1 fully saturated rings. The lowest BCUT2D eigenvalue weighted by molar-refractivity contribution is -0.138. The number of aryl methyl sites for hydroxylation is 1. The van der Waals surface area contributed by atoms with Crippen LogP contribution in [0.2, 0.25) is 0 Å². The first-order valence-corrected chi connectivity index (χ1v) is 8.49. The van der Waals surface area contributed by atoms with E-state index in [9.17, 15) is 9.18 Å². The minimum atomic E-state index is -0.770. The molecule has 23 heavy (non-hydrogen) atoms. The summed E-state index contributed by atoms with van der Waals surface area (Å²) in [7, 11) is 1.90. The number of carboxylic acid groups (broad SMARTS) is 1. The molecule has 0 bridgehead atoms. The van der Waals surface area contributed by atoms with Crippen molar-refractivity contribution >= 4 is 5.97 Å². The minimum Gasteiger partial charge on any atom is -0.480 e. The number of likely N-dealkylation sites (tertiary alicyclic amines) is 1. The second kappa shape index (κ2) is 6.97. The van der Waals surface area contributed by atoms with Gasteiger partial charge in [0.2, 0.25) is 0 Å². The van der Waals surface area contributed by atoms with Crippen molar-refractivity contribution in [3.8, 4) is 0 Å². The van der Waals surface area contributed by atoms with Crippen molar-refractivity contribution in [1.29, 1.82) is 0 Å². The van der Waals surface area contributed by atoms with E-state index in [0.717, 1.165) is 50.8 Å². The summed E-state index contributed by atoms with van der Waals surface area (Å²) in [5.74, 6) is -0.918. The van der Waals surface area contributed by atoms with Gasteiger partial charge in [-0.3, -0.25) is 14.6 Å². The Bertz CT molecular complexity index is 578. The number of benzene rings is 1. The topological polar surface area (TPSA) is 43.8 Å². The zero-order chi connectivity index (χ0) is 16.4. The number of likely N-dealkylation sites (N-methyl/N-ethyl adjacent to an activating group) is 1. The monoisotopic (exact) mass is 320 g/mol.